The lowest BCUT2D eigenvalue weighted by Crippen LogP contribution is -2.41. The van der Waals surface area contributed by atoms with Gasteiger partial charge in [-0.05, 0) is 37.8 Å². The molecular weight excluding hydrogens is 212 g/mol. The summed E-state index contributed by atoms with van der Waals surface area (Å²) in [4.78, 5) is 6.79. The van der Waals surface area contributed by atoms with E-state index < -0.39 is 0 Å². The Bertz CT molecular complexity index is 230. The number of aliphatic imine (C=N–C) groups is 1. The molecule has 1 saturated heterocycles. The fourth-order valence-corrected chi connectivity index (χ4v) is 1.96. The largest absolute Gasteiger partial charge is 0.370 e. The van der Waals surface area contributed by atoms with E-state index in [0.717, 1.165) is 25.6 Å². The number of nitrogens with one attached hydrogen (secondary N) is 1. The highest BCUT2D eigenvalue weighted by atomic mass is 15.2. The van der Waals surface area contributed by atoms with Crippen molar-refractivity contribution in [2.45, 2.75) is 33.6 Å². The van der Waals surface area contributed by atoms with Crippen molar-refractivity contribution < 1.29 is 0 Å². The monoisotopic (exact) mass is 240 g/mol. The standard InChI is InChI=1S/C13H28N4/c1-11(2)10-16-13(14)15-6-9-17-7-4-12(3)5-8-17/h11-12H,4-10H2,1-3H3,(H3,14,15,16). The van der Waals surface area contributed by atoms with Gasteiger partial charge in [0.2, 0.25) is 0 Å². The minimum atomic E-state index is 0.568. The summed E-state index contributed by atoms with van der Waals surface area (Å²) in [7, 11) is 0. The Labute approximate surface area is 106 Å². The molecule has 1 heterocycles. The molecule has 0 bridgehead atoms. The summed E-state index contributed by atoms with van der Waals surface area (Å²) < 4.78 is 0. The molecule has 0 aromatic carbocycles. The number of hydrogen-bond donors (Lipinski definition) is 2. The summed E-state index contributed by atoms with van der Waals surface area (Å²) in [5.74, 6) is 2.06. The van der Waals surface area contributed by atoms with Crippen LogP contribution in [0, 0.1) is 11.8 Å². The van der Waals surface area contributed by atoms with Crippen LogP contribution in [0.2, 0.25) is 0 Å². The molecule has 17 heavy (non-hydrogen) atoms. The van der Waals surface area contributed by atoms with E-state index in [1.54, 1.807) is 0 Å². The van der Waals surface area contributed by atoms with Crippen molar-refractivity contribution in [3.63, 3.8) is 0 Å². The van der Waals surface area contributed by atoms with Crippen molar-refractivity contribution in [3.8, 4) is 0 Å². The number of hydrogen-bond acceptors (Lipinski definition) is 2. The van der Waals surface area contributed by atoms with Crippen LogP contribution in [0.25, 0.3) is 0 Å². The summed E-state index contributed by atoms with van der Waals surface area (Å²) in [6.45, 7) is 11.9. The van der Waals surface area contributed by atoms with Crippen molar-refractivity contribution in [1.82, 2.24) is 10.2 Å². The number of piperidine rings is 1. The van der Waals surface area contributed by atoms with Gasteiger partial charge in [-0.2, -0.15) is 0 Å². The first-order chi connectivity index (χ1) is 8.08. The highest BCUT2D eigenvalue weighted by molar-refractivity contribution is 5.77. The van der Waals surface area contributed by atoms with E-state index in [2.05, 4.69) is 36.0 Å². The van der Waals surface area contributed by atoms with Crippen LogP contribution < -0.4 is 11.1 Å². The average Bonchev–Trinajstić information content (AvgIpc) is 2.29. The van der Waals surface area contributed by atoms with E-state index in [1.165, 1.54) is 25.9 Å². The Balaban J connectivity index is 2.09. The molecule has 0 aromatic heterocycles. The van der Waals surface area contributed by atoms with Gasteiger partial charge in [0.15, 0.2) is 5.96 Å². The zero-order valence-corrected chi connectivity index (χ0v) is 11.6. The summed E-state index contributed by atoms with van der Waals surface area (Å²) in [6, 6.07) is 0. The molecule has 4 nitrogen and oxygen atoms in total. The molecular formula is C13H28N4. The summed E-state index contributed by atoms with van der Waals surface area (Å²) in [5.41, 5.74) is 5.78. The molecule has 0 spiro atoms. The third-order valence-electron chi connectivity index (χ3n) is 3.24. The lowest BCUT2D eigenvalue weighted by atomic mass is 9.99. The Kier molecular flexibility index (Phi) is 6.34. The van der Waals surface area contributed by atoms with Gasteiger partial charge in [-0.15, -0.1) is 0 Å². The average molecular weight is 240 g/mol. The van der Waals surface area contributed by atoms with Crippen LogP contribution >= 0.6 is 0 Å². The minimum absolute atomic E-state index is 0.568. The van der Waals surface area contributed by atoms with Crippen molar-refractivity contribution in [1.29, 1.82) is 0 Å². The predicted octanol–water partition coefficient (Wildman–Crippen LogP) is 1.28. The molecule has 100 valence electrons. The molecule has 0 aromatic rings. The second kappa shape index (κ2) is 7.54. The highest BCUT2D eigenvalue weighted by Gasteiger charge is 2.14. The number of nitrogens with zero attached hydrogens (tertiary/aromatic N) is 2. The van der Waals surface area contributed by atoms with Crippen LogP contribution in [-0.4, -0.2) is 43.6 Å². The molecule has 0 amide bonds. The van der Waals surface area contributed by atoms with E-state index in [1.807, 2.05) is 0 Å². The predicted molar refractivity (Wildman–Crippen MR) is 74.2 cm³/mol. The topological polar surface area (TPSA) is 53.6 Å². The minimum Gasteiger partial charge on any atom is -0.370 e. The fourth-order valence-electron chi connectivity index (χ4n) is 1.96. The highest BCUT2D eigenvalue weighted by Crippen LogP contribution is 2.14. The summed E-state index contributed by atoms with van der Waals surface area (Å²) in [6.07, 6.45) is 2.66. The van der Waals surface area contributed by atoms with Gasteiger partial charge >= 0.3 is 0 Å². The van der Waals surface area contributed by atoms with E-state index in [-0.39, 0.29) is 0 Å². The fraction of sp³-hybridized carbons (Fsp3) is 0.923. The van der Waals surface area contributed by atoms with Crippen LogP contribution in [0.15, 0.2) is 4.99 Å². The number of guanidine groups is 1. The molecule has 1 rings (SSSR count). The number of nitrogens with two attached hydrogens (primary N) is 1. The van der Waals surface area contributed by atoms with Crippen molar-refractivity contribution in [3.05, 3.63) is 0 Å². The Morgan fingerprint density at radius 1 is 1.41 bits per heavy atom. The lowest BCUT2D eigenvalue weighted by molar-refractivity contribution is 0.195. The van der Waals surface area contributed by atoms with Gasteiger partial charge in [-0.3, -0.25) is 4.99 Å². The van der Waals surface area contributed by atoms with Crippen LogP contribution in [0.4, 0.5) is 0 Å². The number of rotatable bonds is 5. The molecule has 0 atom stereocenters. The van der Waals surface area contributed by atoms with E-state index >= 15 is 0 Å². The van der Waals surface area contributed by atoms with Gasteiger partial charge in [0.1, 0.15) is 0 Å². The Hall–Kier alpha value is -0.770. The molecule has 1 fully saturated rings. The van der Waals surface area contributed by atoms with E-state index in [9.17, 15) is 0 Å². The van der Waals surface area contributed by atoms with Crippen LogP contribution in [0.5, 0.6) is 0 Å². The smallest absolute Gasteiger partial charge is 0.188 e. The van der Waals surface area contributed by atoms with Crippen LogP contribution in [-0.2, 0) is 0 Å². The van der Waals surface area contributed by atoms with Gasteiger partial charge in [-0.25, -0.2) is 0 Å². The maximum absolute atomic E-state index is 5.78. The first kappa shape index (κ1) is 14.3. The molecule has 0 aliphatic carbocycles. The first-order valence-electron chi connectivity index (χ1n) is 6.84. The van der Waals surface area contributed by atoms with Crippen molar-refractivity contribution >= 4 is 5.96 Å². The Morgan fingerprint density at radius 3 is 2.65 bits per heavy atom. The Morgan fingerprint density at radius 2 is 2.06 bits per heavy atom. The first-order valence-corrected chi connectivity index (χ1v) is 6.84. The van der Waals surface area contributed by atoms with Gasteiger partial charge in [-0.1, -0.05) is 20.8 Å². The number of likely N-dealkylation sites (tertiary alicyclic amines) is 1. The van der Waals surface area contributed by atoms with Gasteiger partial charge in [0, 0.05) is 19.6 Å². The zero-order valence-electron chi connectivity index (χ0n) is 11.6. The maximum atomic E-state index is 5.78. The van der Waals surface area contributed by atoms with Gasteiger partial charge in [0.25, 0.3) is 0 Å². The van der Waals surface area contributed by atoms with Gasteiger partial charge in [0.05, 0.1) is 0 Å². The third kappa shape index (κ3) is 6.51. The van der Waals surface area contributed by atoms with E-state index in [4.69, 9.17) is 5.73 Å². The molecule has 1 aliphatic rings. The van der Waals surface area contributed by atoms with Crippen LogP contribution in [0.3, 0.4) is 0 Å². The lowest BCUT2D eigenvalue weighted by Gasteiger charge is -2.30. The molecule has 3 N–H and O–H groups in total. The van der Waals surface area contributed by atoms with Crippen molar-refractivity contribution in [2.75, 3.05) is 32.7 Å². The summed E-state index contributed by atoms with van der Waals surface area (Å²) in [5, 5.41) is 3.18. The molecule has 1 aliphatic heterocycles. The second-order valence-electron chi connectivity index (χ2n) is 5.57. The van der Waals surface area contributed by atoms with Crippen molar-refractivity contribution in [2.24, 2.45) is 22.6 Å². The SMILES string of the molecule is CC(C)CN=C(N)NCCN1CCC(C)CC1. The van der Waals surface area contributed by atoms with Gasteiger partial charge < -0.3 is 16.0 Å². The second-order valence-corrected chi connectivity index (χ2v) is 5.57. The normalized spacial score (nSPS) is 19.9. The molecule has 0 saturated carbocycles. The third-order valence-corrected chi connectivity index (χ3v) is 3.24. The quantitative estimate of drug-likeness (QED) is 0.562. The zero-order chi connectivity index (χ0) is 12.7. The molecule has 0 unspecified atom stereocenters. The van der Waals surface area contributed by atoms with Crippen LogP contribution in [0.1, 0.15) is 33.6 Å². The maximum Gasteiger partial charge on any atom is 0.188 e. The van der Waals surface area contributed by atoms with E-state index in [0.29, 0.717) is 11.9 Å². The summed E-state index contributed by atoms with van der Waals surface area (Å²) >= 11 is 0. The molecule has 4 heteroatoms. The molecule has 0 radical (unpaired) electrons.